The molecule has 9 nitrogen and oxygen atoms in total. The van der Waals surface area contributed by atoms with E-state index < -0.39 is 29.0 Å². The summed E-state index contributed by atoms with van der Waals surface area (Å²) in [6.45, 7) is -0.172. The summed E-state index contributed by atoms with van der Waals surface area (Å²) in [7, 11) is 1.30. The number of hydrogen-bond acceptors (Lipinski definition) is 7. The third-order valence-corrected chi connectivity index (χ3v) is 7.38. The van der Waals surface area contributed by atoms with Gasteiger partial charge in [0, 0.05) is 22.2 Å². The van der Waals surface area contributed by atoms with E-state index in [2.05, 4.69) is 10.6 Å². The second-order valence-electron chi connectivity index (χ2n) is 9.67. The maximum atomic E-state index is 13.5. The second kappa shape index (κ2) is 9.57. The van der Waals surface area contributed by atoms with Gasteiger partial charge in [-0.25, -0.2) is 4.39 Å². The number of methoxy groups -OCH3 is 1. The summed E-state index contributed by atoms with van der Waals surface area (Å²) >= 11 is 11.8. The lowest BCUT2D eigenvalue weighted by atomic mass is 9.44. The fourth-order valence-corrected chi connectivity index (χ4v) is 5.56. The number of anilines is 1. The molecule has 1 atom stereocenters. The van der Waals surface area contributed by atoms with Gasteiger partial charge >= 0.3 is 5.97 Å². The van der Waals surface area contributed by atoms with Crippen LogP contribution in [0.25, 0.3) is 0 Å². The van der Waals surface area contributed by atoms with Gasteiger partial charge < -0.3 is 29.7 Å². The molecule has 1 aliphatic heterocycles. The van der Waals surface area contributed by atoms with Crippen LogP contribution in [0.3, 0.4) is 0 Å². The highest BCUT2D eigenvalue weighted by Crippen LogP contribution is 2.60. The molecule has 196 valence electrons. The minimum Gasteiger partial charge on any atom is -0.484 e. The highest BCUT2D eigenvalue weighted by Gasteiger charge is 2.69. The smallest absolute Gasteiger partial charge is 0.325 e. The summed E-state index contributed by atoms with van der Waals surface area (Å²) in [6, 6.07) is 8.95. The van der Waals surface area contributed by atoms with Gasteiger partial charge in [-0.1, -0.05) is 23.2 Å². The van der Waals surface area contributed by atoms with E-state index in [1.165, 1.54) is 19.2 Å². The van der Waals surface area contributed by atoms with Crippen molar-refractivity contribution >= 4 is 46.7 Å². The van der Waals surface area contributed by atoms with E-state index in [0.717, 1.165) is 6.07 Å². The molecule has 3 fully saturated rings. The zero-order chi connectivity index (χ0) is 26.4. The molecule has 2 bridgehead atoms. The van der Waals surface area contributed by atoms with Gasteiger partial charge in [-0.3, -0.25) is 14.4 Å². The van der Waals surface area contributed by atoms with Gasteiger partial charge in [0.05, 0.1) is 24.4 Å². The maximum Gasteiger partial charge on any atom is 0.325 e. The maximum absolute atomic E-state index is 13.5. The number of hydrogen-bond donors (Lipinski definition) is 2. The van der Waals surface area contributed by atoms with Gasteiger partial charge in [0.1, 0.15) is 23.9 Å². The minimum atomic E-state index is -0.842. The van der Waals surface area contributed by atoms with Crippen LogP contribution in [0.2, 0.25) is 10.0 Å². The number of benzene rings is 2. The molecular formula is C25H24Cl2FN3O6. The lowest BCUT2D eigenvalue weighted by Crippen LogP contribution is -2.84. The molecule has 6 rings (SSSR count). The molecule has 2 aromatic rings. The summed E-state index contributed by atoms with van der Waals surface area (Å²) in [4.78, 5) is 39.1. The Morgan fingerprint density at radius 1 is 1.11 bits per heavy atom. The van der Waals surface area contributed by atoms with Gasteiger partial charge in [-0.15, -0.1) is 0 Å². The minimum absolute atomic E-state index is 0.0265. The number of fused-ring (bicyclic) bond motifs is 1. The first-order valence-electron chi connectivity index (χ1n) is 11.6. The monoisotopic (exact) mass is 551 g/mol. The van der Waals surface area contributed by atoms with E-state index in [9.17, 15) is 18.8 Å². The first-order chi connectivity index (χ1) is 17.6. The fraction of sp³-hybridized carbons (Fsp3) is 0.400. The third-order valence-electron chi connectivity index (χ3n) is 6.84. The Kier molecular flexibility index (Phi) is 6.57. The molecule has 1 heterocycles. The number of rotatable bonds is 8. The molecule has 2 amide bonds. The van der Waals surface area contributed by atoms with Crippen LogP contribution in [-0.4, -0.2) is 61.8 Å². The molecule has 3 aliphatic carbocycles. The number of carbonyl (C=O) groups excluding carboxylic acids is 3. The Hall–Kier alpha value is -3.24. The van der Waals surface area contributed by atoms with Gasteiger partial charge in [-0.2, -0.15) is 0 Å². The number of nitrogens with one attached hydrogen (secondary N) is 2. The molecule has 0 spiro atoms. The van der Waals surface area contributed by atoms with E-state index in [4.69, 9.17) is 37.4 Å². The van der Waals surface area contributed by atoms with Crippen LogP contribution >= 0.6 is 23.2 Å². The molecule has 0 radical (unpaired) electrons. The molecule has 2 N–H and O–H groups in total. The Bertz CT molecular complexity index is 1260. The highest BCUT2D eigenvalue weighted by molar-refractivity contribution is 6.31. The zero-order valence-corrected chi connectivity index (χ0v) is 21.3. The Morgan fingerprint density at radius 3 is 2.54 bits per heavy atom. The molecule has 0 aromatic heterocycles. The van der Waals surface area contributed by atoms with E-state index in [1.807, 2.05) is 0 Å². The average molecular weight is 552 g/mol. The van der Waals surface area contributed by atoms with Gasteiger partial charge in [0.25, 0.3) is 11.8 Å². The molecule has 0 unspecified atom stereocenters. The number of carbonyl (C=O) groups is 3. The lowest BCUT2D eigenvalue weighted by Gasteiger charge is -2.70. The quantitative estimate of drug-likeness (QED) is 0.486. The summed E-state index contributed by atoms with van der Waals surface area (Å²) in [5.41, 5.74) is -0.203. The van der Waals surface area contributed by atoms with E-state index in [0.29, 0.717) is 35.7 Å². The van der Waals surface area contributed by atoms with E-state index >= 15 is 0 Å². The zero-order valence-electron chi connectivity index (χ0n) is 19.8. The largest absolute Gasteiger partial charge is 0.484 e. The number of nitrogens with zero attached hydrogens (tertiary/aromatic N) is 1. The molecule has 12 heteroatoms. The van der Waals surface area contributed by atoms with Crippen molar-refractivity contribution < 1.29 is 33.0 Å². The normalized spacial score (nSPS) is 25.0. The fourth-order valence-electron chi connectivity index (χ4n) is 5.28. The van der Waals surface area contributed by atoms with Gasteiger partial charge in [-0.05, 0) is 49.6 Å². The molecule has 0 saturated heterocycles. The number of ether oxygens (including phenoxy) is 3. The standard InChI is InChI=1S/C25H24Cl2FN3O6/c1-35-22(33)9-31-8-20(37-19-5-2-14(26)6-18(19)31)23(34)30-25-11-24(12-25,13-25)29-21(32)10-36-15-3-4-16(27)17(28)7-15/h2-7,20H,8-13H2,1H3,(H,29,32)(H,30,34)/t20-,24?,25?/m0/s1. The van der Waals surface area contributed by atoms with Gasteiger partial charge in [0.2, 0.25) is 0 Å². The van der Waals surface area contributed by atoms with Crippen molar-refractivity contribution in [2.75, 3.05) is 31.7 Å². The van der Waals surface area contributed by atoms with Crippen LogP contribution in [-0.2, 0) is 19.1 Å². The lowest BCUT2D eigenvalue weighted by molar-refractivity contribution is -0.154. The van der Waals surface area contributed by atoms with Crippen molar-refractivity contribution in [1.82, 2.24) is 10.6 Å². The van der Waals surface area contributed by atoms with Crippen molar-refractivity contribution in [2.24, 2.45) is 0 Å². The predicted octanol–water partition coefficient (Wildman–Crippen LogP) is 2.86. The molecular weight excluding hydrogens is 528 g/mol. The third kappa shape index (κ3) is 5.13. The SMILES string of the molecule is COC(=O)CN1C[C@@H](C(=O)NC23CC(NC(=O)COc4ccc(Cl)c(F)c4)(C2)C3)Oc2ccc(Cl)cc21. The van der Waals surface area contributed by atoms with Crippen LogP contribution < -0.4 is 25.0 Å². The Labute approximate surface area is 222 Å². The number of amides is 2. The molecule has 4 aliphatic rings. The summed E-state index contributed by atoms with van der Waals surface area (Å²) in [5.74, 6) is -1.06. The summed E-state index contributed by atoms with van der Waals surface area (Å²) in [6.07, 6.45) is 0.902. The highest BCUT2D eigenvalue weighted by atomic mass is 35.5. The van der Waals surface area contributed by atoms with Crippen LogP contribution in [0.1, 0.15) is 19.3 Å². The van der Waals surface area contributed by atoms with Crippen LogP contribution in [0, 0.1) is 5.82 Å². The summed E-state index contributed by atoms with van der Waals surface area (Å²) in [5, 5.41) is 6.46. The number of halogens is 3. The van der Waals surface area contributed by atoms with Crippen molar-refractivity contribution in [3.05, 3.63) is 52.3 Å². The number of esters is 1. The molecule has 3 saturated carbocycles. The van der Waals surface area contributed by atoms with Crippen molar-refractivity contribution in [3.8, 4) is 11.5 Å². The van der Waals surface area contributed by atoms with Crippen LogP contribution in [0.15, 0.2) is 36.4 Å². The Morgan fingerprint density at radius 2 is 1.84 bits per heavy atom. The first-order valence-corrected chi connectivity index (χ1v) is 12.3. The van der Waals surface area contributed by atoms with Crippen molar-refractivity contribution in [1.29, 1.82) is 0 Å². The second-order valence-corrected chi connectivity index (χ2v) is 10.5. The predicted molar refractivity (Wildman–Crippen MR) is 133 cm³/mol. The molecule has 37 heavy (non-hydrogen) atoms. The van der Waals surface area contributed by atoms with E-state index in [1.54, 1.807) is 23.1 Å². The van der Waals surface area contributed by atoms with E-state index in [-0.39, 0.29) is 42.3 Å². The van der Waals surface area contributed by atoms with Crippen LogP contribution in [0.5, 0.6) is 11.5 Å². The van der Waals surface area contributed by atoms with Gasteiger partial charge in [0.15, 0.2) is 12.7 Å². The Balaban J connectivity index is 1.13. The average Bonchev–Trinajstić information content (AvgIpc) is 2.82. The van der Waals surface area contributed by atoms with Crippen molar-refractivity contribution in [3.63, 3.8) is 0 Å². The first kappa shape index (κ1) is 25.4. The molecule has 2 aromatic carbocycles. The topological polar surface area (TPSA) is 106 Å². The van der Waals surface area contributed by atoms with Crippen molar-refractivity contribution in [2.45, 2.75) is 36.4 Å². The summed E-state index contributed by atoms with van der Waals surface area (Å²) < 4.78 is 29.6. The van der Waals surface area contributed by atoms with Crippen LogP contribution in [0.4, 0.5) is 10.1 Å².